The zero-order chi connectivity index (χ0) is 9.84. The summed E-state index contributed by atoms with van der Waals surface area (Å²) in [5, 5.41) is 3.83. The second kappa shape index (κ2) is 4.73. The third kappa shape index (κ3) is 3.45. The van der Waals surface area contributed by atoms with E-state index in [1.807, 2.05) is 0 Å². The number of thiocarbonyl (C=S) groups is 1. The first-order chi connectivity index (χ1) is 6.09. The van der Waals surface area contributed by atoms with Crippen molar-refractivity contribution >= 4 is 55.4 Å². The molecule has 1 aromatic rings. The molecule has 3 N–H and O–H groups in total. The monoisotopic (exact) mass is 325 g/mol. The Labute approximate surface area is 96.8 Å². The fourth-order valence-corrected chi connectivity index (χ4v) is 1.25. The molecule has 0 amide bonds. The first-order valence-corrected chi connectivity index (χ1v) is 5.12. The van der Waals surface area contributed by atoms with E-state index >= 15 is 0 Å². The van der Waals surface area contributed by atoms with Crippen LogP contribution in [0.4, 0.5) is 0 Å². The summed E-state index contributed by atoms with van der Waals surface area (Å²) < 4.78 is 6.63. The fourth-order valence-electron chi connectivity index (χ4n) is 0.586. The van der Waals surface area contributed by atoms with E-state index in [1.165, 1.54) is 6.21 Å². The molecule has 7 heteroatoms. The molecule has 0 saturated heterocycles. The largest absolute Gasteiger partial charge is 0.447 e. The van der Waals surface area contributed by atoms with Gasteiger partial charge in [-0.05, 0) is 44.1 Å². The van der Waals surface area contributed by atoms with Crippen molar-refractivity contribution in [1.29, 1.82) is 0 Å². The van der Waals surface area contributed by atoms with Crippen LogP contribution in [0, 0.1) is 0 Å². The SMILES string of the molecule is NC(=S)N/N=C\c1cc(Br)c(Br)o1. The van der Waals surface area contributed by atoms with Crippen LogP contribution in [0.3, 0.4) is 0 Å². The van der Waals surface area contributed by atoms with E-state index in [0.717, 1.165) is 4.47 Å². The van der Waals surface area contributed by atoms with Crippen LogP contribution in [0.25, 0.3) is 0 Å². The molecule has 13 heavy (non-hydrogen) atoms. The standard InChI is InChI=1S/C6H5Br2N3OS/c7-4-1-3(12-5(4)8)2-10-11-6(9)13/h1-2H,(H3,9,11,13)/b10-2-. The molecule has 0 radical (unpaired) electrons. The second-order valence-electron chi connectivity index (χ2n) is 2.00. The van der Waals surface area contributed by atoms with E-state index in [0.29, 0.717) is 10.4 Å². The molecule has 1 aromatic heterocycles. The Morgan fingerprint density at radius 2 is 2.38 bits per heavy atom. The lowest BCUT2D eigenvalue weighted by molar-refractivity contribution is 0.532. The highest BCUT2D eigenvalue weighted by Crippen LogP contribution is 2.25. The van der Waals surface area contributed by atoms with Crippen LogP contribution in [-0.2, 0) is 0 Å². The number of nitrogens with zero attached hydrogens (tertiary/aromatic N) is 1. The molecule has 0 aliphatic carbocycles. The highest BCUT2D eigenvalue weighted by Gasteiger charge is 2.02. The van der Waals surface area contributed by atoms with Gasteiger partial charge in [0.15, 0.2) is 9.78 Å². The summed E-state index contributed by atoms with van der Waals surface area (Å²) in [6.45, 7) is 0. The smallest absolute Gasteiger partial charge is 0.184 e. The topological polar surface area (TPSA) is 63.5 Å². The molecule has 0 aliphatic rings. The summed E-state index contributed by atoms with van der Waals surface area (Å²) in [5.74, 6) is 0.586. The quantitative estimate of drug-likeness (QED) is 0.495. The van der Waals surface area contributed by atoms with Crippen LogP contribution in [-0.4, -0.2) is 11.3 Å². The minimum atomic E-state index is 0.112. The number of hydrazone groups is 1. The Morgan fingerprint density at radius 3 is 2.85 bits per heavy atom. The van der Waals surface area contributed by atoms with Crippen LogP contribution >= 0.6 is 44.1 Å². The zero-order valence-electron chi connectivity index (χ0n) is 6.25. The van der Waals surface area contributed by atoms with Crippen molar-refractivity contribution in [2.75, 3.05) is 0 Å². The lowest BCUT2D eigenvalue weighted by atomic mass is 10.5. The van der Waals surface area contributed by atoms with Crippen LogP contribution in [0.15, 0.2) is 24.7 Å². The number of nitrogens with one attached hydrogen (secondary N) is 1. The van der Waals surface area contributed by atoms with E-state index in [2.05, 4.69) is 54.6 Å². The summed E-state index contributed by atoms with van der Waals surface area (Å²) in [4.78, 5) is 0. The van der Waals surface area contributed by atoms with Crippen LogP contribution in [0.2, 0.25) is 0 Å². The van der Waals surface area contributed by atoms with Gasteiger partial charge in [-0.1, -0.05) is 0 Å². The normalized spacial score (nSPS) is 10.6. The molecule has 0 aliphatic heterocycles. The average Bonchev–Trinajstić information content (AvgIpc) is 2.30. The average molecular weight is 327 g/mol. The molecule has 0 aromatic carbocycles. The first-order valence-electron chi connectivity index (χ1n) is 3.13. The predicted octanol–water partition coefficient (Wildman–Crippen LogP) is 1.97. The molecule has 0 unspecified atom stereocenters. The van der Waals surface area contributed by atoms with Gasteiger partial charge in [-0.15, -0.1) is 0 Å². The van der Waals surface area contributed by atoms with E-state index < -0.39 is 0 Å². The van der Waals surface area contributed by atoms with Gasteiger partial charge in [0.2, 0.25) is 0 Å². The summed E-state index contributed by atoms with van der Waals surface area (Å²) >= 11 is 11.0. The molecule has 0 spiro atoms. The lowest BCUT2D eigenvalue weighted by Gasteiger charge is -1.91. The number of hydrogen-bond acceptors (Lipinski definition) is 3. The Hall–Kier alpha value is -0.400. The second-order valence-corrected chi connectivity index (χ2v) is 4.02. The number of nitrogens with two attached hydrogens (primary N) is 1. The van der Waals surface area contributed by atoms with Crippen LogP contribution in [0.1, 0.15) is 5.76 Å². The van der Waals surface area contributed by atoms with Crippen molar-refractivity contribution in [3.05, 3.63) is 21.0 Å². The Balaban J connectivity index is 2.64. The van der Waals surface area contributed by atoms with Crippen LogP contribution < -0.4 is 11.2 Å². The highest BCUT2D eigenvalue weighted by atomic mass is 79.9. The highest BCUT2D eigenvalue weighted by molar-refractivity contribution is 9.13. The minimum Gasteiger partial charge on any atom is -0.447 e. The number of halogens is 2. The number of furan rings is 1. The van der Waals surface area contributed by atoms with Crippen molar-refractivity contribution in [2.45, 2.75) is 0 Å². The predicted molar refractivity (Wildman–Crippen MR) is 61.6 cm³/mol. The van der Waals surface area contributed by atoms with Gasteiger partial charge < -0.3 is 10.2 Å². The lowest BCUT2D eigenvalue weighted by Crippen LogP contribution is -2.23. The molecule has 4 nitrogen and oxygen atoms in total. The van der Waals surface area contributed by atoms with Gasteiger partial charge in [0, 0.05) is 6.07 Å². The van der Waals surface area contributed by atoms with Gasteiger partial charge in [-0.2, -0.15) is 5.10 Å². The maximum absolute atomic E-state index is 5.19. The summed E-state index contributed by atoms with van der Waals surface area (Å²) in [7, 11) is 0. The minimum absolute atomic E-state index is 0.112. The maximum Gasteiger partial charge on any atom is 0.184 e. The Bertz CT molecular complexity index is 330. The summed E-state index contributed by atoms with van der Waals surface area (Å²) in [6.07, 6.45) is 1.47. The van der Waals surface area contributed by atoms with E-state index in [-0.39, 0.29) is 5.11 Å². The zero-order valence-corrected chi connectivity index (χ0v) is 10.2. The summed E-state index contributed by atoms with van der Waals surface area (Å²) in [5.41, 5.74) is 7.56. The van der Waals surface area contributed by atoms with Crippen molar-refractivity contribution < 1.29 is 4.42 Å². The summed E-state index contributed by atoms with van der Waals surface area (Å²) in [6, 6.07) is 1.76. The molecule has 0 bridgehead atoms. The fraction of sp³-hybridized carbons (Fsp3) is 0. The molecule has 1 heterocycles. The first kappa shape index (κ1) is 10.7. The van der Waals surface area contributed by atoms with Gasteiger partial charge in [-0.25, -0.2) is 0 Å². The third-order valence-corrected chi connectivity index (χ3v) is 2.83. The van der Waals surface area contributed by atoms with Gasteiger partial charge >= 0.3 is 0 Å². The van der Waals surface area contributed by atoms with Gasteiger partial charge in [0.25, 0.3) is 0 Å². The van der Waals surface area contributed by atoms with Crippen molar-refractivity contribution in [2.24, 2.45) is 10.8 Å². The maximum atomic E-state index is 5.19. The van der Waals surface area contributed by atoms with Gasteiger partial charge in [0.1, 0.15) is 5.76 Å². The molecule has 1 rings (SSSR count). The van der Waals surface area contributed by atoms with Gasteiger partial charge in [0.05, 0.1) is 10.7 Å². The molecule has 0 saturated carbocycles. The number of hydrogen-bond donors (Lipinski definition) is 2. The molecule has 0 fully saturated rings. The van der Waals surface area contributed by atoms with Crippen molar-refractivity contribution in [3.8, 4) is 0 Å². The van der Waals surface area contributed by atoms with E-state index in [9.17, 15) is 0 Å². The molecular formula is C6H5Br2N3OS. The Kier molecular flexibility index (Phi) is 3.89. The van der Waals surface area contributed by atoms with E-state index in [4.69, 9.17) is 10.2 Å². The Morgan fingerprint density at radius 1 is 1.69 bits per heavy atom. The van der Waals surface area contributed by atoms with Crippen molar-refractivity contribution in [3.63, 3.8) is 0 Å². The number of rotatable bonds is 2. The van der Waals surface area contributed by atoms with Crippen molar-refractivity contribution in [1.82, 2.24) is 5.43 Å². The third-order valence-electron chi connectivity index (χ3n) is 1.03. The van der Waals surface area contributed by atoms with Crippen LogP contribution in [0.5, 0.6) is 0 Å². The molecule has 70 valence electrons. The van der Waals surface area contributed by atoms with E-state index in [1.54, 1.807) is 6.07 Å². The molecule has 0 atom stereocenters. The molecular weight excluding hydrogens is 322 g/mol. The van der Waals surface area contributed by atoms with Gasteiger partial charge in [-0.3, -0.25) is 5.43 Å².